The van der Waals surface area contributed by atoms with E-state index in [0.29, 0.717) is 17.5 Å². The molecule has 3 N–H and O–H groups in total. The number of hydrogen-bond donors (Lipinski definition) is 3. The summed E-state index contributed by atoms with van der Waals surface area (Å²) < 4.78 is 0. The first-order chi connectivity index (χ1) is 12.4. The summed E-state index contributed by atoms with van der Waals surface area (Å²) in [5.74, 6) is -0.201. The molecule has 0 aliphatic heterocycles. The molecule has 2 aromatic rings. The number of nitrogens with one attached hydrogen (secondary N) is 3. The lowest BCUT2D eigenvalue weighted by atomic mass is 9.75. The molecule has 3 rings (SSSR count). The molecule has 1 aromatic heterocycles. The maximum absolute atomic E-state index is 12.4. The highest BCUT2D eigenvalue weighted by molar-refractivity contribution is 6.13. The van der Waals surface area contributed by atoms with Crippen molar-refractivity contribution in [3.63, 3.8) is 0 Å². The molecule has 0 spiro atoms. The Morgan fingerprint density at radius 3 is 2.23 bits per heavy atom. The highest BCUT2D eigenvalue weighted by atomic mass is 16.2. The predicted octanol–water partition coefficient (Wildman–Crippen LogP) is 4.28. The molecule has 5 heteroatoms. The number of para-hydroxylation sites is 1. The smallest absolute Gasteiger partial charge is 0.257 e. The lowest BCUT2D eigenvalue weighted by Crippen LogP contribution is -2.28. The van der Waals surface area contributed by atoms with Crippen LogP contribution in [0.5, 0.6) is 0 Å². The molecule has 26 heavy (non-hydrogen) atoms. The van der Waals surface area contributed by atoms with Gasteiger partial charge in [-0.1, -0.05) is 45.9 Å². The van der Waals surface area contributed by atoms with E-state index in [1.165, 1.54) is 0 Å². The van der Waals surface area contributed by atoms with Gasteiger partial charge in [0.05, 0.1) is 11.1 Å². The van der Waals surface area contributed by atoms with Gasteiger partial charge in [-0.05, 0) is 38.1 Å². The zero-order valence-electron chi connectivity index (χ0n) is 16.7. The second-order valence-electron chi connectivity index (χ2n) is 6.82. The Morgan fingerprint density at radius 2 is 1.65 bits per heavy atom. The fourth-order valence-electron chi connectivity index (χ4n) is 2.89. The third-order valence-corrected chi connectivity index (χ3v) is 3.81. The number of aromatic nitrogens is 1. The van der Waals surface area contributed by atoms with Crippen molar-refractivity contribution in [3.05, 3.63) is 53.3 Å². The van der Waals surface area contributed by atoms with Crippen LogP contribution in [0.2, 0.25) is 0 Å². The zero-order valence-corrected chi connectivity index (χ0v) is 16.7. The van der Waals surface area contributed by atoms with Crippen LogP contribution in [0.3, 0.4) is 0 Å². The molecule has 0 radical (unpaired) electrons. The van der Waals surface area contributed by atoms with E-state index in [0.717, 1.165) is 17.8 Å². The fourth-order valence-corrected chi connectivity index (χ4v) is 2.89. The van der Waals surface area contributed by atoms with Crippen molar-refractivity contribution >= 4 is 17.4 Å². The van der Waals surface area contributed by atoms with Crippen LogP contribution in [0.1, 0.15) is 60.5 Å². The average Bonchev–Trinajstić information content (AvgIpc) is 3.01. The van der Waals surface area contributed by atoms with Crippen LogP contribution < -0.4 is 10.6 Å². The Balaban J connectivity index is 0.000000615. The van der Waals surface area contributed by atoms with Gasteiger partial charge in [-0.25, -0.2) is 0 Å². The second kappa shape index (κ2) is 9.92. The average molecular weight is 357 g/mol. The number of hydrogen-bond acceptors (Lipinski definition) is 3. The highest BCUT2D eigenvalue weighted by Gasteiger charge is 2.35. The van der Waals surface area contributed by atoms with Crippen LogP contribution in [-0.2, 0) is 6.42 Å². The predicted molar refractivity (Wildman–Crippen MR) is 108 cm³/mol. The van der Waals surface area contributed by atoms with Crippen molar-refractivity contribution in [1.82, 2.24) is 10.3 Å². The van der Waals surface area contributed by atoms with Gasteiger partial charge in [0.15, 0.2) is 5.78 Å². The fraction of sp³-hybridized carbons (Fsp3) is 0.429. The van der Waals surface area contributed by atoms with Gasteiger partial charge in [0.2, 0.25) is 0 Å². The second-order valence-corrected chi connectivity index (χ2v) is 6.82. The Morgan fingerprint density at radius 1 is 1.08 bits per heavy atom. The molecule has 0 fully saturated rings. The molecule has 0 saturated carbocycles. The van der Waals surface area contributed by atoms with Gasteiger partial charge in [0.25, 0.3) is 5.91 Å². The van der Waals surface area contributed by atoms with Crippen LogP contribution in [0.15, 0.2) is 36.5 Å². The minimum atomic E-state index is -0.244. The minimum absolute atomic E-state index is 0.0423. The first-order valence-electron chi connectivity index (χ1n) is 9.06. The number of rotatable bonds is 2. The number of Topliss-reactive ketones (excluding diaryl/α,β-unsaturated/α-hetero) is 1. The number of H-pyrrole nitrogens is 1. The minimum Gasteiger partial charge on any atom is -0.364 e. The van der Waals surface area contributed by atoms with Crippen LogP contribution in [0.25, 0.3) is 0 Å². The number of anilines is 1. The van der Waals surface area contributed by atoms with E-state index in [1.807, 2.05) is 58.3 Å². The van der Waals surface area contributed by atoms with E-state index in [9.17, 15) is 9.59 Å². The Labute approximate surface area is 156 Å². The molecule has 5 nitrogen and oxygen atoms in total. The lowest BCUT2D eigenvalue weighted by molar-refractivity contribution is 0.0902. The van der Waals surface area contributed by atoms with E-state index < -0.39 is 0 Å². The van der Waals surface area contributed by atoms with E-state index >= 15 is 0 Å². The summed E-state index contributed by atoms with van der Waals surface area (Å²) in [6.07, 6.45) is 2.90. The summed E-state index contributed by atoms with van der Waals surface area (Å²) >= 11 is 0. The Bertz CT molecular complexity index is 718. The molecule has 1 aliphatic carbocycles. The summed E-state index contributed by atoms with van der Waals surface area (Å²) in [5.41, 5.74) is 2.54. The van der Waals surface area contributed by atoms with Crippen molar-refractivity contribution in [2.24, 2.45) is 5.41 Å². The summed E-state index contributed by atoms with van der Waals surface area (Å²) in [7, 11) is 3.75. The molecule has 0 saturated heterocycles. The number of fused-ring (bicyclic) bond motifs is 1. The van der Waals surface area contributed by atoms with Crippen molar-refractivity contribution < 1.29 is 9.59 Å². The number of carbonyl (C=O) groups is 2. The summed E-state index contributed by atoms with van der Waals surface area (Å²) in [6.45, 7) is 8.14. The SMILES string of the molecule is CC.CC1(C)CC(=O)c2c(C(=O)Nc3ccccc3)c[nH]c2C1.CNC. The molecule has 1 amide bonds. The number of carbonyl (C=O) groups excluding carboxylic acids is 2. The molecule has 0 unspecified atom stereocenters. The number of benzene rings is 1. The van der Waals surface area contributed by atoms with Gasteiger partial charge in [0.1, 0.15) is 0 Å². The number of ketones is 1. The van der Waals surface area contributed by atoms with Crippen LogP contribution in [0.4, 0.5) is 5.69 Å². The van der Waals surface area contributed by atoms with Crippen molar-refractivity contribution in [2.75, 3.05) is 19.4 Å². The first-order valence-corrected chi connectivity index (χ1v) is 9.06. The van der Waals surface area contributed by atoms with Crippen LogP contribution in [-0.4, -0.2) is 30.8 Å². The Kier molecular flexibility index (Phi) is 8.26. The molecule has 1 aromatic carbocycles. The van der Waals surface area contributed by atoms with E-state index in [2.05, 4.69) is 29.5 Å². The van der Waals surface area contributed by atoms with Gasteiger partial charge < -0.3 is 15.6 Å². The molecule has 1 aliphatic rings. The largest absolute Gasteiger partial charge is 0.364 e. The summed E-state index contributed by atoms with van der Waals surface area (Å²) in [6, 6.07) is 9.25. The third-order valence-electron chi connectivity index (χ3n) is 3.81. The van der Waals surface area contributed by atoms with E-state index in [-0.39, 0.29) is 17.1 Å². The number of amides is 1. The topological polar surface area (TPSA) is 74.0 Å². The van der Waals surface area contributed by atoms with E-state index in [1.54, 1.807) is 6.20 Å². The van der Waals surface area contributed by atoms with E-state index in [4.69, 9.17) is 0 Å². The summed E-state index contributed by atoms with van der Waals surface area (Å²) in [4.78, 5) is 27.8. The maximum atomic E-state index is 12.4. The molecule has 1 heterocycles. The van der Waals surface area contributed by atoms with Crippen molar-refractivity contribution in [1.29, 1.82) is 0 Å². The summed E-state index contributed by atoms with van der Waals surface area (Å²) in [5, 5.41) is 5.57. The maximum Gasteiger partial charge on any atom is 0.257 e. The van der Waals surface area contributed by atoms with Gasteiger partial charge in [0, 0.05) is 24.0 Å². The highest BCUT2D eigenvalue weighted by Crippen LogP contribution is 2.35. The van der Waals surface area contributed by atoms with Gasteiger partial charge in [-0.3, -0.25) is 9.59 Å². The van der Waals surface area contributed by atoms with Crippen molar-refractivity contribution in [2.45, 2.75) is 40.5 Å². The zero-order chi connectivity index (χ0) is 19.7. The van der Waals surface area contributed by atoms with Gasteiger partial charge in [-0.2, -0.15) is 0 Å². The van der Waals surface area contributed by atoms with Crippen LogP contribution >= 0.6 is 0 Å². The molecule has 142 valence electrons. The quantitative estimate of drug-likeness (QED) is 0.751. The lowest BCUT2D eigenvalue weighted by Gasteiger charge is -2.28. The standard InChI is InChI=1S/C17H18N2O2.C2H7N.C2H6/c1-17(2)8-13-15(14(20)9-17)12(10-18-13)16(21)19-11-6-4-3-5-7-11;1-3-2;1-2/h3-7,10,18H,8-9H2,1-2H3,(H,19,21);3H,1-2H3;1-2H3. The normalized spacial score (nSPS) is 14.2. The molecular weight excluding hydrogens is 326 g/mol. The third kappa shape index (κ3) is 5.56. The monoisotopic (exact) mass is 357 g/mol. The molecule has 0 atom stereocenters. The van der Waals surface area contributed by atoms with Gasteiger partial charge in [-0.15, -0.1) is 0 Å². The van der Waals surface area contributed by atoms with Crippen molar-refractivity contribution in [3.8, 4) is 0 Å². The molecule has 0 bridgehead atoms. The van der Waals surface area contributed by atoms with Crippen LogP contribution in [0, 0.1) is 5.41 Å². The first kappa shape index (κ1) is 21.6. The Hall–Kier alpha value is -2.40. The van der Waals surface area contributed by atoms with Gasteiger partial charge >= 0.3 is 0 Å². The number of aromatic amines is 1. The molecular formula is C21H31N3O2.